The van der Waals surface area contributed by atoms with Gasteiger partial charge >= 0.3 is 0 Å². The van der Waals surface area contributed by atoms with Crippen LogP contribution >= 0.6 is 0 Å². The van der Waals surface area contributed by atoms with Gasteiger partial charge in [-0.05, 0) is 50.4 Å². The molecule has 0 aromatic carbocycles. The Labute approximate surface area is 126 Å². The highest BCUT2D eigenvalue weighted by Gasteiger charge is 2.31. The fraction of sp³-hybridized carbons (Fsp3) is 0.812. The molecule has 2 fully saturated rings. The van der Waals surface area contributed by atoms with Crippen LogP contribution in [0, 0.1) is 23.7 Å². The second-order valence-corrected chi connectivity index (χ2v) is 6.73. The fourth-order valence-corrected chi connectivity index (χ4v) is 3.17. The molecule has 0 saturated heterocycles. The van der Waals surface area contributed by atoms with Gasteiger partial charge in [0, 0.05) is 18.3 Å². The number of carbonyl (C=O) groups excluding carboxylic acids is 3. The van der Waals surface area contributed by atoms with E-state index in [1.165, 1.54) is 0 Å². The van der Waals surface area contributed by atoms with Gasteiger partial charge in [0.05, 0.1) is 6.54 Å². The van der Waals surface area contributed by atoms with Crippen molar-refractivity contribution in [3.8, 4) is 0 Å². The molecular weight excluding hydrogens is 268 g/mol. The summed E-state index contributed by atoms with van der Waals surface area (Å²) in [5.41, 5.74) is 5.39. The van der Waals surface area contributed by atoms with Gasteiger partial charge in [-0.15, -0.1) is 0 Å². The number of rotatable bonds is 6. The molecule has 5 nitrogen and oxygen atoms in total. The van der Waals surface area contributed by atoms with Crippen molar-refractivity contribution in [3.05, 3.63) is 0 Å². The third kappa shape index (κ3) is 4.83. The lowest BCUT2D eigenvalue weighted by atomic mass is 9.85. The number of amides is 2. The third-order valence-corrected chi connectivity index (χ3v) is 4.96. The summed E-state index contributed by atoms with van der Waals surface area (Å²) < 4.78 is 0. The van der Waals surface area contributed by atoms with Gasteiger partial charge in [-0.1, -0.05) is 6.92 Å². The van der Waals surface area contributed by atoms with Gasteiger partial charge in [-0.3, -0.25) is 14.4 Å². The van der Waals surface area contributed by atoms with E-state index in [0.717, 1.165) is 38.5 Å². The van der Waals surface area contributed by atoms with Crippen molar-refractivity contribution in [2.24, 2.45) is 29.4 Å². The van der Waals surface area contributed by atoms with Gasteiger partial charge < -0.3 is 11.1 Å². The van der Waals surface area contributed by atoms with Crippen LogP contribution in [0.1, 0.15) is 51.9 Å². The Kier molecular flexibility index (Phi) is 5.37. The van der Waals surface area contributed by atoms with Gasteiger partial charge in [0.1, 0.15) is 0 Å². The minimum absolute atomic E-state index is 0.0195. The molecule has 2 rings (SSSR count). The molecule has 0 bridgehead atoms. The lowest BCUT2D eigenvalue weighted by molar-refractivity contribution is -0.126. The Morgan fingerprint density at radius 2 is 1.62 bits per heavy atom. The number of ketones is 1. The molecule has 2 aliphatic rings. The lowest BCUT2D eigenvalue weighted by Crippen LogP contribution is -2.32. The van der Waals surface area contributed by atoms with Crippen LogP contribution in [0.4, 0.5) is 0 Å². The van der Waals surface area contributed by atoms with Crippen molar-refractivity contribution >= 4 is 17.6 Å². The number of nitrogens with one attached hydrogen (secondary N) is 1. The highest BCUT2D eigenvalue weighted by Crippen LogP contribution is 2.33. The molecule has 5 heteroatoms. The summed E-state index contributed by atoms with van der Waals surface area (Å²) in [5.74, 6) is 0.737. The van der Waals surface area contributed by atoms with Gasteiger partial charge in [-0.2, -0.15) is 0 Å². The molecule has 0 aliphatic heterocycles. The van der Waals surface area contributed by atoms with Crippen LogP contribution < -0.4 is 11.1 Å². The first-order valence-electron chi connectivity index (χ1n) is 8.06. The molecule has 1 unspecified atom stereocenters. The number of hydrogen-bond donors (Lipinski definition) is 2. The van der Waals surface area contributed by atoms with Crippen LogP contribution in [-0.4, -0.2) is 24.1 Å². The minimum atomic E-state index is -0.217. The summed E-state index contributed by atoms with van der Waals surface area (Å²) in [7, 11) is 0. The molecule has 118 valence electrons. The van der Waals surface area contributed by atoms with Crippen LogP contribution in [0.2, 0.25) is 0 Å². The topological polar surface area (TPSA) is 89.3 Å². The summed E-state index contributed by atoms with van der Waals surface area (Å²) in [5, 5.41) is 2.73. The molecule has 0 radical (unpaired) electrons. The second-order valence-electron chi connectivity index (χ2n) is 6.73. The van der Waals surface area contributed by atoms with Crippen molar-refractivity contribution in [1.29, 1.82) is 0 Å². The maximum atomic E-state index is 12.0. The smallest absolute Gasteiger partial charge is 0.223 e. The molecule has 2 aliphatic carbocycles. The zero-order chi connectivity index (χ0) is 15.4. The Bertz CT molecular complexity index is 418. The Hall–Kier alpha value is -1.39. The number of carbonyl (C=O) groups is 3. The van der Waals surface area contributed by atoms with Crippen LogP contribution in [0.25, 0.3) is 0 Å². The van der Waals surface area contributed by atoms with Crippen molar-refractivity contribution in [3.63, 3.8) is 0 Å². The summed E-state index contributed by atoms with van der Waals surface area (Å²) in [6, 6.07) is 0. The molecule has 3 N–H and O–H groups in total. The zero-order valence-electron chi connectivity index (χ0n) is 12.8. The van der Waals surface area contributed by atoms with E-state index in [9.17, 15) is 14.4 Å². The third-order valence-electron chi connectivity index (χ3n) is 4.96. The first-order valence-corrected chi connectivity index (χ1v) is 8.06. The first-order chi connectivity index (χ1) is 9.97. The SMILES string of the molecule is C[C@H]1CC[C@@H](C(N)=O)CCC1CC(=O)CNC(=O)C1CC1. The van der Waals surface area contributed by atoms with Crippen molar-refractivity contribution < 1.29 is 14.4 Å². The second kappa shape index (κ2) is 7.05. The molecule has 0 aromatic rings. The molecule has 21 heavy (non-hydrogen) atoms. The number of primary amides is 1. The van der Waals surface area contributed by atoms with E-state index < -0.39 is 0 Å². The van der Waals surface area contributed by atoms with E-state index in [1.54, 1.807) is 0 Å². The van der Waals surface area contributed by atoms with Gasteiger partial charge in [0.2, 0.25) is 11.8 Å². The summed E-state index contributed by atoms with van der Waals surface area (Å²) in [6.45, 7) is 2.29. The van der Waals surface area contributed by atoms with Crippen LogP contribution in [0.3, 0.4) is 0 Å². The van der Waals surface area contributed by atoms with E-state index in [0.29, 0.717) is 18.3 Å². The van der Waals surface area contributed by atoms with E-state index in [4.69, 9.17) is 5.73 Å². The summed E-state index contributed by atoms with van der Waals surface area (Å²) >= 11 is 0. The molecule has 0 heterocycles. The molecular formula is C16H26N2O3. The molecule has 2 amide bonds. The van der Waals surface area contributed by atoms with Crippen LogP contribution in [-0.2, 0) is 14.4 Å². The monoisotopic (exact) mass is 294 g/mol. The summed E-state index contributed by atoms with van der Waals surface area (Å²) in [4.78, 5) is 34.8. The van der Waals surface area contributed by atoms with Crippen molar-refractivity contribution in [1.82, 2.24) is 5.32 Å². The van der Waals surface area contributed by atoms with Crippen LogP contribution in [0.15, 0.2) is 0 Å². The number of nitrogens with two attached hydrogens (primary N) is 1. The maximum Gasteiger partial charge on any atom is 0.223 e. The zero-order valence-corrected chi connectivity index (χ0v) is 12.8. The van der Waals surface area contributed by atoms with E-state index in [2.05, 4.69) is 12.2 Å². The van der Waals surface area contributed by atoms with Crippen LogP contribution in [0.5, 0.6) is 0 Å². The minimum Gasteiger partial charge on any atom is -0.369 e. The van der Waals surface area contributed by atoms with E-state index in [1.807, 2.05) is 0 Å². The largest absolute Gasteiger partial charge is 0.369 e. The predicted molar refractivity (Wildman–Crippen MR) is 79.2 cm³/mol. The number of Topliss-reactive ketones (excluding diaryl/α,β-unsaturated/α-hetero) is 1. The molecule has 0 spiro atoms. The standard InChI is InChI=1S/C16H26N2O3/c1-10-2-3-11(15(17)20)4-7-13(10)8-14(19)9-18-16(21)12-5-6-12/h10-13H,2-9H2,1H3,(H2,17,20)(H,18,21)/t10-,11+,13?/m0/s1. The van der Waals surface area contributed by atoms with Gasteiger partial charge in [0.25, 0.3) is 0 Å². The van der Waals surface area contributed by atoms with E-state index >= 15 is 0 Å². The molecule has 2 saturated carbocycles. The van der Waals surface area contributed by atoms with Gasteiger partial charge in [-0.25, -0.2) is 0 Å². The van der Waals surface area contributed by atoms with Crippen molar-refractivity contribution in [2.45, 2.75) is 51.9 Å². The van der Waals surface area contributed by atoms with Crippen molar-refractivity contribution in [2.75, 3.05) is 6.54 Å². The Morgan fingerprint density at radius 1 is 1.00 bits per heavy atom. The molecule has 3 atom stereocenters. The number of hydrogen-bond acceptors (Lipinski definition) is 3. The summed E-state index contributed by atoms with van der Waals surface area (Å²) in [6.07, 6.45) is 5.84. The predicted octanol–water partition coefficient (Wildman–Crippen LogP) is 1.40. The first kappa shape index (κ1) is 16.0. The fourth-order valence-electron chi connectivity index (χ4n) is 3.17. The Balaban J connectivity index is 1.76. The Morgan fingerprint density at radius 3 is 2.24 bits per heavy atom. The van der Waals surface area contributed by atoms with E-state index in [-0.39, 0.29) is 36.0 Å². The highest BCUT2D eigenvalue weighted by atomic mass is 16.2. The maximum absolute atomic E-state index is 12.0. The molecule has 0 aromatic heterocycles. The quantitative estimate of drug-likeness (QED) is 0.726. The average Bonchev–Trinajstić information content (AvgIpc) is 3.26. The normalized spacial score (nSPS) is 29.5. The lowest BCUT2D eigenvalue weighted by Gasteiger charge is -2.20. The van der Waals surface area contributed by atoms with Gasteiger partial charge in [0.15, 0.2) is 5.78 Å². The average molecular weight is 294 g/mol. The highest BCUT2D eigenvalue weighted by molar-refractivity contribution is 5.88.